The zero-order valence-corrected chi connectivity index (χ0v) is 18.5. The molecule has 0 unspecified atom stereocenters. The molecule has 32 heavy (non-hydrogen) atoms. The lowest BCUT2D eigenvalue weighted by molar-refractivity contribution is 0.291. The Morgan fingerprint density at radius 1 is 0.875 bits per heavy atom. The number of hydrogen-bond donors (Lipinski definition) is 2. The summed E-state index contributed by atoms with van der Waals surface area (Å²) < 4.78 is 0. The minimum absolute atomic E-state index is 0.307. The molecular weight excluding hydrogens is 396 g/mol. The van der Waals surface area contributed by atoms with Gasteiger partial charge in [0.1, 0.15) is 11.6 Å². The number of aromatic hydroxyl groups is 1. The highest BCUT2D eigenvalue weighted by molar-refractivity contribution is 5.91. The first kappa shape index (κ1) is 21.5. The average molecular weight is 425 g/mol. The molecule has 4 rings (SSSR count). The largest absolute Gasteiger partial charge is 0.508 e. The van der Waals surface area contributed by atoms with Crippen LogP contribution in [0.1, 0.15) is 30.8 Å². The van der Waals surface area contributed by atoms with Crippen LogP contribution < -0.4 is 5.32 Å². The minimum atomic E-state index is 0.307. The summed E-state index contributed by atoms with van der Waals surface area (Å²) >= 11 is 0. The molecule has 162 valence electrons. The van der Waals surface area contributed by atoms with Gasteiger partial charge in [0.05, 0.1) is 5.52 Å². The van der Waals surface area contributed by atoms with Crippen LogP contribution in [-0.2, 0) is 6.54 Å². The molecule has 0 aliphatic rings. The van der Waals surface area contributed by atoms with Crippen molar-refractivity contribution in [3.8, 4) is 5.75 Å². The predicted octanol–water partition coefficient (Wildman–Crippen LogP) is 6.09. The third-order valence-corrected chi connectivity index (χ3v) is 5.48. The van der Waals surface area contributed by atoms with E-state index in [4.69, 9.17) is 9.97 Å². The van der Waals surface area contributed by atoms with Crippen LogP contribution in [0.4, 0.5) is 11.5 Å². The fourth-order valence-corrected chi connectivity index (χ4v) is 3.61. The number of nitrogens with one attached hydrogen (secondary N) is 1. The molecular formula is C27H28N4O. The first-order chi connectivity index (χ1) is 15.7. The zero-order valence-electron chi connectivity index (χ0n) is 18.5. The number of anilines is 2. The fourth-order valence-electron chi connectivity index (χ4n) is 3.61. The second-order valence-corrected chi connectivity index (χ2v) is 7.62. The number of fused-ring (bicyclic) bond motifs is 1. The maximum Gasteiger partial charge on any atom is 0.154 e. The second-order valence-electron chi connectivity index (χ2n) is 7.62. The molecule has 0 saturated carbocycles. The number of hydrogen-bond acceptors (Lipinski definition) is 5. The Morgan fingerprint density at radius 2 is 1.62 bits per heavy atom. The van der Waals surface area contributed by atoms with E-state index in [1.54, 1.807) is 6.07 Å². The van der Waals surface area contributed by atoms with E-state index >= 15 is 0 Å². The van der Waals surface area contributed by atoms with E-state index in [-0.39, 0.29) is 0 Å². The molecule has 5 heteroatoms. The highest BCUT2D eigenvalue weighted by Crippen LogP contribution is 2.28. The van der Waals surface area contributed by atoms with Gasteiger partial charge in [0.15, 0.2) is 5.82 Å². The smallest absolute Gasteiger partial charge is 0.154 e. The lowest BCUT2D eigenvalue weighted by Gasteiger charge is -2.19. The molecule has 2 N–H and O–H groups in total. The maximum atomic E-state index is 10.3. The van der Waals surface area contributed by atoms with Gasteiger partial charge in [0, 0.05) is 23.2 Å². The molecule has 1 aromatic heterocycles. The standard InChI is InChI=1S/C27H28N4O/c1-3-31(4-2)19-21-18-22(15-16-25(21)32)28-27-23-12-8-9-13-24(23)29-26(30-27)17-14-20-10-6-5-7-11-20/h5-18,32H,3-4,19H2,1-2H3,(H,28,29,30). The molecule has 1 heterocycles. The summed E-state index contributed by atoms with van der Waals surface area (Å²) in [5.41, 5.74) is 3.74. The molecule has 0 bridgehead atoms. The van der Waals surface area contributed by atoms with E-state index in [1.165, 1.54) is 0 Å². The zero-order chi connectivity index (χ0) is 22.3. The van der Waals surface area contributed by atoms with E-state index in [1.807, 2.05) is 78.9 Å². The first-order valence-electron chi connectivity index (χ1n) is 11.0. The van der Waals surface area contributed by atoms with Gasteiger partial charge in [0.25, 0.3) is 0 Å². The highest BCUT2D eigenvalue weighted by Gasteiger charge is 2.10. The fraction of sp³-hybridized carbons (Fsp3) is 0.185. The molecule has 0 atom stereocenters. The Bertz CT molecular complexity index is 1220. The van der Waals surface area contributed by atoms with Gasteiger partial charge >= 0.3 is 0 Å². The van der Waals surface area contributed by atoms with E-state index in [0.717, 1.165) is 46.6 Å². The highest BCUT2D eigenvalue weighted by atomic mass is 16.3. The Labute approximate surface area is 189 Å². The number of nitrogens with zero attached hydrogens (tertiary/aromatic N) is 3. The van der Waals surface area contributed by atoms with Gasteiger partial charge in [-0.1, -0.05) is 62.4 Å². The number of phenolic OH excluding ortho intramolecular Hbond substituents is 1. The van der Waals surface area contributed by atoms with Gasteiger partial charge in [-0.2, -0.15) is 0 Å². The van der Waals surface area contributed by atoms with Crippen molar-refractivity contribution >= 4 is 34.6 Å². The summed E-state index contributed by atoms with van der Waals surface area (Å²) in [6.07, 6.45) is 3.94. The Balaban J connectivity index is 1.67. The first-order valence-corrected chi connectivity index (χ1v) is 11.0. The summed E-state index contributed by atoms with van der Waals surface area (Å²) in [4.78, 5) is 11.7. The second kappa shape index (κ2) is 10.1. The monoisotopic (exact) mass is 424 g/mol. The van der Waals surface area contributed by atoms with E-state index in [2.05, 4.69) is 24.1 Å². The molecule has 0 amide bonds. The quantitative estimate of drug-likeness (QED) is 0.335. The van der Waals surface area contributed by atoms with Crippen LogP contribution in [0, 0.1) is 0 Å². The number of benzene rings is 3. The van der Waals surface area contributed by atoms with E-state index < -0.39 is 0 Å². The van der Waals surface area contributed by atoms with Gasteiger partial charge in [-0.05, 0) is 55.1 Å². The lowest BCUT2D eigenvalue weighted by atomic mass is 10.1. The van der Waals surface area contributed by atoms with Crippen molar-refractivity contribution in [2.75, 3.05) is 18.4 Å². The van der Waals surface area contributed by atoms with Crippen molar-refractivity contribution in [2.45, 2.75) is 20.4 Å². The van der Waals surface area contributed by atoms with Crippen LogP contribution in [0.3, 0.4) is 0 Å². The van der Waals surface area contributed by atoms with Crippen molar-refractivity contribution in [1.82, 2.24) is 14.9 Å². The summed E-state index contributed by atoms with van der Waals surface area (Å²) in [7, 11) is 0. The van der Waals surface area contributed by atoms with Gasteiger partial charge in [-0.15, -0.1) is 0 Å². The Morgan fingerprint density at radius 3 is 2.41 bits per heavy atom. The Kier molecular flexibility index (Phi) is 6.78. The lowest BCUT2D eigenvalue weighted by Crippen LogP contribution is -2.22. The summed E-state index contributed by atoms with van der Waals surface area (Å²) in [5, 5.41) is 14.7. The summed E-state index contributed by atoms with van der Waals surface area (Å²) in [6, 6.07) is 23.7. The van der Waals surface area contributed by atoms with Gasteiger partial charge in [0.2, 0.25) is 0 Å². The van der Waals surface area contributed by atoms with Crippen LogP contribution in [0.25, 0.3) is 23.1 Å². The molecule has 0 aliphatic carbocycles. The van der Waals surface area contributed by atoms with Crippen LogP contribution in [0.5, 0.6) is 5.75 Å². The Hall–Kier alpha value is -3.70. The molecule has 0 spiro atoms. The van der Waals surface area contributed by atoms with Crippen molar-refractivity contribution in [2.24, 2.45) is 0 Å². The van der Waals surface area contributed by atoms with Gasteiger partial charge in [-0.3, -0.25) is 4.90 Å². The van der Waals surface area contributed by atoms with Crippen LogP contribution in [0.2, 0.25) is 0 Å². The van der Waals surface area contributed by atoms with Gasteiger partial charge < -0.3 is 10.4 Å². The topological polar surface area (TPSA) is 61.3 Å². The normalized spacial score (nSPS) is 11.5. The van der Waals surface area contributed by atoms with Crippen LogP contribution >= 0.6 is 0 Å². The van der Waals surface area contributed by atoms with Crippen molar-refractivity contribution in [1.29, 1.82) is 0 Å². The molecule has 4 aromatic rings. The molecule has 0 aliphatic heterocycles. The van der Waals surface area contributed by atoms with E-state index in [9.17, 15) is 5.11 Å². The van der Waals surface area contributed by atoms with Crippen molar-refractivity contribution in [3.05, 3.63) is 89.7 Å². The summed E-state index contributed by atoms with van der Waals surface area (Å²) in [5.74, 6) is 1.68. The molecule has 0 radical (unpaired) electrons. The minimum Gasteiger partial charge on any atom is -0.508 e. The summed E-state index contributed by atoms with van der Waals surface area (Å²) in [6.45, 7) is 6.81. The van der Waals surface area contributed by atoms with Gasteiger partial charge in [-0.25, -0.2) is 9.97 Å². The average Bonchev–Trinajstić information content (AvgIpc) is 2.83. The number of rotatable bonds is 8. The molecule has 0 saturated heterocycles. The molecule has 3 aromatic carbocycles. The van der Waals surface area contributed by atoms with Crippen molar-refractivity contribution in [3.63, 3.8) is 0 Å². The molecule has 0 fully saturated rings. The third kappa shape index (κ3) is 5.13. The number of phenols is 1. The van der Waals surface area contributed by atoms with E-state index in [0.29, 0.717) is 18.1 Å². The van der Waals surface area contributed by atoms with Crippen LogP contribution in [0.15, 0.2) is 72.8 Å². The number of para-hydroxylation sites is 1. The van der Waals surface area contributed by atoms with Crippen molar-refractivity contribution < 1.29 is 5.11 Å². The molecule has 5 nitrogen and oxygen atoms in total. The maximum absolute atomic E-state index is 10.3. The third-order valence-electron chi connectivity index (χ3n) is 5.48. The van der Waals surface area contributed by atoms with Crippen LogP contribution in [-0.4, -0.2) is 33.1 Å². The predicted molar refractivity (Wildman–Crippen MR) is 133 cm³/mol. The SMILES string of the molecule is CCN(CC)Cc1cc(Nc2nc(C=Cc3ccccc3)nc3ccccc23)ccc1O. The number of aromatic nitrogens is 2.